The smallest absolute Gasteiger partial charge is 0.237 e. The van der Waals surface area contributed by atoms with E-state index in [-0.39, 0.29) is 18.6 Å². The summed E-state index contributed by atoms with van der Waals surface area (Å²) >= 11 is 0. The molecule has 1 aliphatic heterocycles. The van der Waals surface area contributed by atoms with Crippen LogP contribution in [0, 0.1) is 11.8 Å². The summed E-state index contributed by atoms with van der Waals surface area (Å²) in [6.45, 7) is 4.63. The number of hydrogen-bond donors (Lipinski definition) is 3. The van der Waals surface area contributed by atoms with Gasteiger partial charge in [-0.1, -0.05) is 19.3 Å². The van der Waals surface area contributed by atoms with E-state index in [4.69, 9.17) is 0 Å². The minimum atomic E-state index is -0.526. The summed E-state index contributed by atoms with van der Waals surface area (Å²) in [5, 5.41) is 15.5. The molecule has 1 heterocycles. The van der Waals surface area contributed by atoms with Gasteiger partial charge in [-0.3, -0.25) is 4.79 Å². The zero-order valence-corrected chi connectivity index (χ0v) is 11.5. The summed E-state index contributed by atoms with van der Waals surface area (Å²) in [6, 6.07) is -0.0739. The second-order valence-corrected chi connectivity index (χ2v) is 6.53. The van der Waals surface area contributed by atoms with E-state index in [0.717, 1.165) is 18.9 Å². The van der Waals surface area contributed by atoms with Gasteiger partial charge >= 0.3 is 0 Å². The van der Waals surface area contributed by atoms with Gasteiger partial charge in [-0.15, -0.1) is 0 Å². The Hall–Kier alpha value is -0.610. The van der Waals surface area contributed by atoms with Gasteiger partial charge in [-0.05, 0) is 45.1 Å². The first-order valence-corrected chi connectivity index (χ1v) is 7.18. The number of carbonyl (C=O) groups is 1. The number of hydrogen-bond acceptors (Lipinski definition) is 3. The molecule has 18 heavy (non-hydrogen) atoms. The van der Waals surface area contributed by atoms with Gasteiger partial charge in [0.15, 0.2) is 0 Å². The predicted molar refractivity (Wildman–Crippen MR) is 71.2 cm³/mol. The Morgan fingerprint density at radius 1 is 1.33 bits per heavy atom. The van der Waals surface area contributed by atoms with Gasteiger partial charge in [0.25, 0.3) is 0 Å². The topological polar surface area (TPSA) is 61.4 Å². The minimum absolute atomic E-state index is 0.0302. The largest absolute Gasteiger partial charge is 0.394 e. The molecule has 0 bridgehead atoms. The highest BCUT2D eigenvalue weighted by Crippen LogP contribution is 2.35. The molecule has 1 saturated heterocycles. The lowest BCUT2D eigenvalue weighted by Crippen LogP contribution is -2.57. The number of amides is 1. The maximum atomic E-state index is 12.2. The fraction of sp³-hybridized carbons (Fsp3) is 0.929. The number of rotatable bonds is 3. The van der Waals surface area contributed by atoms with Crippen LogP contribution in [-0.2, 0) is 4.79 Å². The molecule has 3 atom stereocenters. The molecule has 0 unspecified atom stereocenters. The molecule has 2 rings (SSSR count). The predicted octanol–water partition coefficient (Wildman–Crippen LogP) is 1.04. The van der Waals surface area contributed by atoms with Gasteiger partial charge in [0.1, 0.15) is 0 Å². The summed E-state index contributed by atoms with van der Waals surface area (Å²) in [5.74, 6) is 1.53. The highest BCUT2D eigenvalue weighted by atomic mass is 16.3. The van der Waals surface area contributed by atoms with Crippen molar-refractivity contribution in [3.63, 3.8) is 0 Å². The molecule has 0 aromatic heterocycles. The van der Waals surface area contributed by atoms with E-state index in [1.54, 1.807) is 0 Å². The van der Waals surface area contributed by atoms with Crippen LogP contribution in [0.2, 0.25) is 0 Å². The minimum Gasteiger partial charge on any atom is -0.394 e. The third kappa shape index (κ3) is 3.23. The van der Waals surface area contributed by atoms with Crippen LogP contribution in [0.1, 0.15) is 46.0 Å². The summed E-state index contributed by atoms with van der Waals surface area (Å²) in [6.07, 6.45) is 6.21. The fourth-order valence-electron chi connectivity index (χ4n) is 3.20. The van der Waals surface area contributed by atoms with Crippen LogP contribution in [0.15, 0.2) is 0 Å². The molecule has 1 amide bonds. The first-order chi connectivity index (χ1) is 8.52. The van der Waals surface area contributed by atoms with Crippen LogP contribution in [0.25, 0.3) is 0 Å². The highest BCUT2D eigenvalue weighted by Gasteiger charge is 2.35. The lowest BCUT2D eigenvalue weighted by atomic mass is 9.73. The molecule has 4 heteroatoms. The van der Waals surface area contributed by atoms with Crippen molar-refractivity contribution in [2.45, 2.75) is 57.5 Å². The van der Waals surface area contributed by atoms with E-state index < -0.39 is 5.54 Å². The van der Waals surface area contributed by atoms with E-state index in [2.05, 4.69) is 10.6 Å². The van der Waals surface area contributed by atoms with Crippen molar-refractivity contribution < 1.29 is 9.90 Å². The molecule has 104 valence electrons. The van der Waals surface area contributed by atoms with Crippen molar-refractivity contribution >= 4 is 5.91 Å². The van der Waals surface area contributed by atoms with E-state index in [0.29, 0.717) is 5.92 Å². The Morgan fingerprint density at radius 2 is 2.00 bits per heavy atom. The average Bonchev–Trinajstić information content (AvgIpc) is 2.37. The van der Waals surface area contributed by atoms with Crippen molar-refractivity contribution in [3.8, 4) is 0 Å². The zero-order chi connectivity index (χ0) is 13.2. The molecule has 3 N–H and O–H groups in total. The van der Waals surface area contributed by atoms with Crippen LogP contribution in [0.4, 0.5) is 0 Å². The average molecular weight is 254 g/mol. The van der Waals surface area contributed by atoms with Gasteiger partial charge in [0, 0.05) is 0 Å². The van der Waals surface area contributed by atoms with Crippen molar-refractivity contribution in [1.82, 2.24) is 10.6 Å². The Morgan fingerprint density at radius 3 is 2.67 bits per heavy atom. The Balaban J connectivity index is 1.88. The molecule has 0 radical (unpaired) electrons. The van der Waals surface area contributed by atoms with E-state index in [1.165, 1.54) is 25.7 Å². The summed E-state index contributed by atoms with van der Waals surface area (Å²) in [7, 11) is 0. The normalized spacial score (nSPS) is 32.7. The van der Waals surface area contributed by atoms with Crippen molar-refractivity contribution in [2.75, 3.05) is 13.2 Å². The number of nitrogens with one attached hydrogen (secondary N) is 2. The van der Waals surface area contributed by atoms with Gasteiger partial charge in [-0.2, -0.15) is 0 Å². The molecule has 1 saturated carbocycles. The van der Waals surface area contributed by atoms with Crippen molar-refractivity contribution in [1.29, 1.82) is 0 Å². The lowest BCUT2D eigenvalue weighted by Gasteiger charge is -2.40. The maximum absolute atomic E-state index is 12.2. The van der Waals surface area contributed by atoms with Gasteiger partial charge in [0.05, 0.1) is 18.2 Å². The quantitative estimate of drug-likeness (QED) is 0.705. The summed E-state index contributed by atoms with van der Waals surface area (Å²) in [5.41, 5.74) is -0.526. The van der Waals surface area contributed by atoms with Crippen LogP contribution < -0.4 is 10.6 Å². The third-order valence-electron chi connectivity index (χ3n) is 4.40. The second kappa shape index (κ2) is 5.57. The van der Waals surface area contributed by atoms with Crippen LogP contribution in [0.5, 0.6) is 0 Å². The molecule has 2 aliphatic rings. The second-order valence-electron chi connectivity index (χ2n) is 6.53. The van der Waals surface area contributed by atoms with Gasteiger partial charge < -0.3 is 15.7 Å². The summed E-state index contributed by atoms with van der Waals surface area (Å²) < 4.78 is 0. The van der Waals surface area contributed by atoms with Crippen LogP contribution in [0.3, 0.4) is 0 Å². The zero-order valence-electron chi connectivity index (χ0n) is 11.5. The highest BCUT2D eigenvalue weighted by molar-refractivity contribution is 5.82. The van der Waals surface area contributed by atoms with E-state index >= 15 is 0 Å². The molecule has 1 aliphatic carbocycles. The Bertz CT molecular complexity index is 304. The molecular weight excluding hydrogens is 228 g/mol. The van der Waals surface area contributed by atoms with E-state index in [1.807, 2.05) is 13.8 Å². The summed E-state index contributed by atoms with van der Waals surface area (Å²) in [4.78, 5) is 12.2. The first-order valence-electron chi connectivity index (χ1n) is 7.18. The molecule has 0 aromatic rings. The standard InChI is InChI=1S/C14H26N2O2/c1-14(2,9-17)16-13(18)12-7-10-5-3-4-6-11(10)8-15-12/h10-12,15,17H,3-9H2,1-2H3,(H,16,18)/t10-,11+,12-/m0/s1. The number of piperidine rings is 1. The monoisotopic (exact) mass is 254 g/mol. The molecule has 0 spiro atoms. The number of fused-ring (bicyclic) bond motifs is 1. The number of aliphatic hydroxyl groups excluding tert-OH is 1. The first kappa shape index (κ1) is 13.8. The molecule has 2 fully saturated rings. The van der Waals surface area contributed by atoms with Crippen LogP contribution >= 0.6 is 0 Å². The van der Waals surface area contributed by atoms with Gasteiger partial charge in [-0.25, -0.2) is 0 Å². The SMILES string of the molecule is CC(C)(CO)NC(=O)[C@@H]1C[C@@H]2CCCC[C@@H]2CN1. The molecule has 4 nitrogen and oxygen atoms in total. The van der Waals surface area contributed by atoms with Crippen molar-refractivity contribution in [2.24, 2.45) is 11.8 Å². The number of aliphatic hydroxyl groups is 1. The van der Waals surface area contributed by atoms with Gasteiger partial charge in [0.2, 0.25) is 5.91 Å². The fourth-order valence-corrected chi connectivity index (χ4v) is 3.20. The maximum Gasteiger partial charge on any atom is 0.237 e. The Labute approximate surface area is 110 Å². The Kier molecular flexibility index (Phi) is 4.28. The van der Waals surface area contributed by atoms with E-state index in [9.17, 15) is 9.90 Å². The van der Waals surface area contributed by atoms with Crippen LogP contribution in [-0.4, -0.2) is 35.7 Å². The lowest BCUT2D eigenvalue weighted by molar-refractivity contribution is -0.126. The number of carbonyl (C=O) groups excluding carboxylic acids is 1. The molecule has 0 aromatic carbocycles. The third-order valence-corrected chi connectivity index (χ3v) is 4.40. The van der Waals surface area contributed by atoms with Crippen molar-refractivity contribution in [3.05, 3.63) is 0 Å². The molecular formula is C14H26N2O2.